The predicted molar refractivity (Wildman–Crippen MR) is 94.2 cm³/mol. The molecule has 0 heteroatoms. The van der Waals surface area contributed by atoms with Crippen molar-refractivity contribution in [2.75, 3.05) is 0 Å². The van der Waals surface area contributed by atoms with Crippen molar-refractivity contribution in [3.8, 4) is 0 Å². The lowest BCUT2D eigenvalue weighted by atomic mass is 9.71. The lowest BCUT2D eigenvalue weighted by molar-refractivity contribution is 0.166. The van der Waals surface area contributed by atoms with E-state index in [1.165, 1.54) is 63.4 Å². The van der Waals surface area contributed by atoms with Crippen molar-refractivity contribution in [1.29, 1.82) is 0 Å². The second kappa shape index (κ2) is 10.5. The normalized spacial score (nSPS) is 15.1. The van der Waals surface area contributed by atoms with E-state index in [9.17, 15) is 0 Å². The molecule has 0 amide bonds. The Morgan fingerprint density at radius 3 is 2.10 bits per heavy atom. The van der Waals surface area contributed by atoms with Crippen molar-refractivity contribution in [3.63, 3.8) is 0 Å². The van der Waals surface area contributed by atoms with Gasteiger partial charge in [0.05, 0.1) is 0 Å². The van der Waals surface area contributed by atoms with Crippen molar-refractivity contribution in [2.24, 2.45) is 17.3 Å². The minimum absolute atomic E-state index is 0.471. The standard InChI is InChI=1S/C20H40/c1-8-9-10-11-12-13-14-19(5)20(6,7)16-18(4)15-17(2)3/h18-19H,2,8-16H2,1,3-7H3. The fourth-order valence-electron chi connectivity index (χ4n) is 3.39. The SMILES string of the molecule is C=C(C)CC(C)CC(C)(C)C(C)CCCCCCCC. The molecular formula is C20H40. The Bertz CT molecular complexity index is 249. The van der Waals surface area contributed by atoms with Gasteiger partial charge in [0.1, 0.15) is 0 Å². The van der Waals surface area contributed by atoms with E-state index in [1.54, 1.807) is 0 Å². The third-order valence-electron chi connectivity index (χ3n) is 4.90. The van der Waals surface area contributed by atoms with Gasteiger partial charge in [-0.05, 0) is 37.0 Å². The predicted octanol–water partition coefficient (Wildman–Crippen LogP) is 7.39. The molecule has 0 rings (SSSR count). The van der Waals surface area contributed by atoms with Crippen LogP contribution in [0.5, 0.6) is 0 Å². The van der Waals surface area contributed by atoms with Gasteiger partial charge in [-0.2, -0.15) is 0 Å². The average Bonchev–Trinajstić information content (AvgIpc) is 2.31. The zero-order valence-corrected chi connectivity index (χ0v) is 15.2. The summed E-state index contributed by atoms with van der Waals surface area (Å²) in [6.45, 7) is 18.3. The maximum Gasteiger partial charge on any atom is -0.0300 e. The van der Waals surface area contributed by atoms with E-state index < -0.39 is 0 Å². The first-order valence-corrected chi connectivity index (χ1v) is 8.94. The van der Waals surface area contributed by atoms with Crippen LogP contribution in [-0.2, 0) is 0 Å². The second-order valence-corrected chi connectivity index (χ2v) is 7.92. The molecule has 0 aliphatic rings. The molecule has 0 bridgehead atoms. The molecule has 0 nitrogen and oxygen atoms in total. The van der Waals surface area contributed by atoms with Crippen LogP contribution in [-0.4, -0.2) is 0 Å². The maximum atomic E-state index is 4.06. The van der Waals surface area contributed by atoms with Crippen LogP contribution in [0.25, 0.3) is 0 Å². The van der Waals surface area contributed by atoms with Gasteiger partial charge in [-0.25, -0.2) is 0 Å². The van der Waals surface area contributed by atoms with Crippen LogP contribution in [0.15, 0.2) is 12.2 Å². The van der Waals surface area contributed by atoms with Crippen molar-refractivity contribution in [3.05, 3.63) is 12.2 Å². The van der Waals surface area contributed by atoms with Crippen molar-refractivity contribution < 1.29 is 0 Å². The lowest BCUT2D eigenvalue weighted by Gasteiger charge is -2.34. The summed E-state index contributed by atoms with van der Waals surface area (Å²) in [6.07, 6.45) is 12.4. The zero-order valence-electron chi connectivity index (χ0n) is 15.2. The second-order valence-electron chi connectivity index (χ2n) is 7.92. The van der Waals surface area contributed by atoms with Crippen LogP contribution in [0, 0.1) is 17.3 Å². The van der Waals surface area contributed by atoms with Gasteiger partial charge in [0.25, 0.3) is 0 Å². The summed E-state index contributed by atoms with van der Waals surface area (Å²) >= 11 is 0. The van der Waals surface area contributed by atoms with E-state index in [4.69, 9.17) is 0 Å². The molecule has 0 saturated heterocycles. The Balaban J connectivity index is 3.92. The first kappa shape index (κ1) is 19.7. The van der Waals surface area contributed by atoms with E-state index >= 15 is 0 Å². The van der Waals surface area contributed by atoms with Crippen molar-refractivity contribution in [1.82, 2.24) is 0 Å². The molecule has 0 spiro atoms. The van der Waals surface area contributed by atoms with Crippen molar-refractivity contribution in [2.45, 2.75) is 99.3 Å². The van der Waals surface area contributed by atoms with Crippen LogP contribution in [0.4, 0.5) is 0 Å². The molecule has 0 radical (unpaired) electrons. The summed E-state index contributed by atoms with van der Waals surface area (Å²) in [6, 6.07) is 0. The summed E-state index contributed by atoms with van der Waals surface area (Å²) in [5.41, 5.74) is 1.80. The summed E-state index contributed by atoms with van der Waals surface area (Å²) in [5, 5.41) is 0. The van der Waals surface area contributed by atoms with Gasteiger partial charge in [-0.1, -0.05) is 85.1 Å². The van der Waals surface area contributed by atoms with Crippen LogP contribution in [0.3, 0.4) is 0 Å². The molecule has 0 heterocycles. The van der Waals surface area contributed by atoms with Crippen LogP contribution in [0.1, 0.15) is 99.3 Å². The topological polar surface area (TPSA) is 0 Å². The van der Waals surface area contributed by atoms with Gasteiger partial charge < -0.3 is 0 Å². The smallest absolute Gasteiger partial charge is 0.0300 e. The third-order valence-corrected chi connectivity index (χ3v) is 4.90. The van der Waals surface area contributed by atoms with Gasteiger partial charge >= 0.3 is 0 Å². The van der Waals surface area contributed by atoms with E-state index in [0.29, 0.717) is 5.41 Å². The zero-order chi connectivity index (χ0) is 15.6. The number of allylic oxidation sites excluding steroid dienone is 1. The molecule has 0 aromatic carbocycles. The molecule has 20 heavy (non-hydrogen) atoms. The van der Waals surface area contributed by atoms with Gasteiger partial charge in [-0.15, -0.1) is 6.58 Å². The molecule has 0 aliphatic carbocycles. The maximum absolute atomic E-state index is 4.06. The third kappa shape index (κ3) is 9.61. The fraction of sp³-hybridized carbons (Fsp3) is 0.900. The Hall–Kier alpha value is -0.260. The quantitative estimate of drug-likeness (QED) is 0.258. The monoisotopic (exact) mass is 280 g/mol. The van der Waals surface area contributed by atoms with Gasteiger partial charge in [-0.3, -0.25) is 0 Å². The number of hydrogen-bond donors (Lipinski definition) is 0. The van der Waals surface area contributed by atoms with E-state index in [1.807, 2.05) is 0 Å². The first-order chi connectivity index (χ1) is 9.29. The summed E-state index contributed by atoms with van der Waals surface area (Å²) in [7, 11) is 0. The average molecular weight is 281 g/mol. The molecule has 0 aliphatic heterocycles. The van der Waals surface area contributed by atoms with E-state index in [0.717, 1.165) is 11.8 Å². The first-order valence-electron chi connectivity index (χ1n) is 8.94. The Labute approximate surface area is 129 Å². The Morgan fingerprint density at radius 1 is 1.00 bits per heavy atom. The molecule has 0 saturated carbocycles. The van der Waals surface area contributed by atoms with Crippen LogP contribution in [0.2, 0.25) is 0 Å². The van der Waals surface area contributed by atoms with E-state index in [2.05, 4.69) is 48.1 Å². The molecule has 0 aromatic heterocycles. The number of unbranched alkanes of at least 4 members (excludes halogenated alkanes) is 5. The van der Waals surface area contributed by atoms with Gasteiger partial charge in [0.2, 0.25) is 0 Å². The number of rotatable bonds is 12. The highest BCUT2D eigenvalue weighted by Gasteiger charge is 2.27. The highest BCUT2D eigenvalue weighted by molar-refractivity contribution is 4.91. The lowest BCUT2D eigenvalue weighted by Crippen LogP contribution is -2.24. The largest absolute Gasteiger partial charge is 0.100 e. The highest BCUT2D eigenvalue weighted by atomic mass is 14.3. The van der Waals surface area contributed by atoms with Gasteiger partial charge in [0, 0.05) is 0 Å². The summed E-state index contributed by atoms with van der Waals surface area (Å²) < 4.78 is 0. The van der Waals surface area contributed by atoms with Gasteiger partial charge in [0.15, 0.2) is 0 Å². The van der Waals surface area contributed by atoms with E-state index in [-0.39, 0.29) is 0 Å². The Morgan fingerprint density at radius 2 is 1.55 bits per heavy atom. The molecular weight excluding hydrogens is 240 g/mol. The van der Waals surface area contributed by atoms with Crippen LogP contribution >= 0.6 is 0 Å². The van der Waals surface area contributed by atoms with Crippen LogP contribution < -0.4 is 0 Å². The molecule has 120 valence electrons. The fourth-order valence-corrected chi connectivity index (χ4v) is 3.39. The van der Waals surface area contributed by atoms with Crippen molar-refractivity contribution >= 4 is 0 Å². The Kier molecular flexibility index (Phi) is 10.3. The molecule has 0 fully saturated rings. The summed E-state index contributed by atoms with van der Waals surface area (Å²) in [5.74, 6) is 1.61. The minimum Gasteiger partial charge on any atom is -0.100 e. The summed E-state index contributed by atoms with van der Waals surface area (Å²) in [4.78, 5) is 0. The molecule has 2 unspecified atom stereocenters. The molecule has 2 atom stereocenters. The molecule has 0 aromatic rings. The highest BCUT2D eigenvalue weighted by Crippen LogP contribution is 2.38. The minimum atomic E-state index is 0.471. The molecule has 0 N–H and O–H groups in total. The number of hydrogen-bond acceptors (Lipinski definition) is 0.